The molecular weight excluding hydrogens is 114 g/mol. The van der Waals surface area contributed by atoms with Crippen LogP contribution in [0.2, 0.25) is 0 Å². The summed E-state index contributed by atoms with van der Waals surface area (Å²) in [7, 11) is 1.64. The van der Waals surface area contributed by atoms with Crippen molar-refractivity contribution in [3.8, 4) is 0 Å². The smallest absolute Gasteiger partial charge is 0.141 e. The Hall–Kier alpha value is -1.12. The Morgan fingerprint density at radius 1 is 1.67 bits per heavy atom. The largest absolute Gasteiger partial charge is 0.382 e. The number of rotatable bonds is 2. The van der Waals surface area contributed by atoms with E-state index < -0.39 is 0 Å². The quantitative estimate of drug-likeness (QED) is 0.426. The minimum atomic E-state index is 0.394. The van der Waals surface area contributed by atoms with E-state index in [9.17, 15) is 0 Å². The highest BCUT2D eigenvalue weighted by molar-refractivity contribution is 6.28. The molecule has 0 saturated carbocycles. The number of hydrogen-bond acceptors (Lipinski definition) is 2. The van der Waals surface area contributed by atoms with Crippen LogP contribution in [0.4, 0.5) is 0 Å². The number of hydrogen-bond donors (Lipinski definition) is 1. The lowest BCUT2D eigenvalue weighted by molar-refractivity contribution is 1.32. The SMILES string of the molecule is C=C(C)N=C(N)C=NC. The van der Waals surface area contributed by atoms with Gasteiger partial charge in [0.15, 0.2) is 0 Å². The molecule has 0 aliphatic carbocycles. The Kier molecular flexibility index (Phi) is 3.35. The summed E-state index contributed by atoms with van der Waals surface area (Å²) in [4.78, 5) is 7.48. The predicted octanol–water partition coefficient (Wildman–Crippen LogP) is 0.578. The van der Waals surface area contributed by atoms with E-state index in [2.05, 4.69) is 16.6 Å². The van der Waals surface area contributed by atoms with Gasteiger partial charge in [0.1, 0.15) is 5.84 Å². The van der Waals surface area contributed by atoms with Crippen LogP contribution >= 0.6 is 0 Å². The predicted molar refractivity (Wildman–Crippen MR) is 40.9 cm³/mol. The van der Waals surface area contributed by atoms with Crippen molar-refractivity contribution in [1.82, 2.24) is 0 Å². The molecule has 2 N–H and O–H groups in total. The van der Waals surface area contributed by atoms with Gasteiger partial charge in [-0.2, -0.15) is 0 Å². The van der Waals surface area contributed by atoms with Crippen LogP contribution in [-0.4, -0.2) is 19.1 Å². The fourth-order valence-electron chi connectivity index (χ4n) is 0.382. The second-order valence-electron chi connectivity index (χ2n) is 1.66. The Labute approximate surface area is 55.0 Å². The molecular formula is C6H11N3. The van der Waals surface area contributed by atoms with E-state index in [1.807, 2.05) is 0 Å². The molecule has 0 saturated heterocycles. The molecule has 0 spiro atoms. The zero-order valence-corrected chi connectivity index (χ0v) is 5.76. The van der Waals surface area contributed by atoms with Crippen molar-refractivity contribution in [3.05, 3.63) is 12.3 Å². The van der Waals surface area contributed by atoms with Gasteiger partial charge < -0.3 is 5.73 Å². The number of nitrogens with two attached hydrogens (primary N) is 1. The number of nitrogens with zero attached hydrogens (tertiary/aromatic N) is 2. The van der Waals surface area contributed by atoms with Crippen molar-refractivity contribution < 1.29 is 0 Å². The van der Waals surface area contributed by atoms with Gasteiger partial charge in [-0.3, -0.25) is 4.99 Å². The van der Waals surface area contributed by atoms with Gasteiger partial charge in [0.05, 0.1) is 6.21 Å². The van der Waals surface area contributed by atoms with E-state index in [1.54, 1.807) is 14.0 Å². The fraction of sp³-hybridized carbons (Fsp3) is 0.333. The molecule has 0 rings (SSSR count). The molecule has 0 aromatic rings. The van der Waals surface area contributed by atoms with Crippen molar-refractivity contribution in [2.24, 2.45) is 15.7 Å². The van der Waals surface area contributed by atoms with Gasteiger partial charge in [-0.1, -0.05) is 6.58 Å². The summed E-state index contributed by atoms with van der Waals surface area (Å²) in [5, 5.41) is 0. The van der Waals surface area contributed by atoms with Crippen LogP contribution in [0, 0.1) is 0 Å². The summed E-state index contributed by atoms with van der Waals surface area (Å²) in [6.45, 7) is 5.32. The highest BCUT2D eigenvalue weighted by Gasteiger charge is 1.81. The lowest BCUT2D eigenvalue weighted by Gasteiger charge is -1.88. The molecule has 0 amide bonds. The first-order valence-corrected chi connectivity index (χ1v) is 2.58. The number of aliphatic imine (C=N–C) groups is 2. The van der Waals surface area contributed by atoms with Crippen molar-refractivity contribution in [2.75, 3.05) is 7.05 Å². The van der Waals surface area contributed by atoms with Gasteiger partial charge in [0.25, 0.3) is 0 Å². The van der Waals surface area contributed by atoms with Crippen LogP contribution in [0.5, 0.6) is 0 Å². The van der Waals surface area contributed by atoms with Crippen LogP contribution in [0.15, 0.2) is 22.3 Å². The number of amidine groups is 1. The topological polar surface area (TPSA) is 50.7 Å². The Balaban J connectivity index is 4.00. The molecule has 3 nitrogen and oxygen atoms in total. The second-order valence-corrected chi connectivity index (χ2v) is 1.66. The summed E-state index contributed by atoms with van der Waals surface area (Å²) in [5.41, 5.74) is 6.01. The average molecular weight is 125 g/mol. The average Bonchev–Trinajstić information content (AvgIpc) is 1.63. The van der Waals surface area contributed by atoms with E-state index in [1.165, 1.54) is 6.21 Å². The second kappa shape index (κ2) is 3.83. The maximum absolute atomic E-state index is 5.32. The van der Waals surface area contributed by atoms with Crippen LogP contribution in [-0.2, 0) is 0 Å². The van der Waals surface area contributed by atoms with Crippen molar-refractivity contribution in [3.63, 3.8) is 0 Å². The van der Waals surface area contributed by atoms with E-state index in [-0.39, 0.29) is 0 Å². The van der Waals surface area contributed by atoms with Crippen LogP contribution < -0.4 is 5.73 Å². The maximum Gasteiger partial charge on any atom is 0.141 e. The molecule has 0 aliphatic heterocycles. The molecule has 0 aromatic carbocycles. The minimum Gasteiger partial charge on any atom is -0.382 e. The summed E-state index contributed by atoms with van der Waals surface area (Å²) in [6, 6.07) is 0. The lowest BCUT2D eigenvalue weighted by Crippen LogP contribution is -2.12. The Morgan fingerprint density at radius 2 is 2.22 bits per heavy atom. The van der Waals surface area contributed by atoms with Gasteiger partial charge in [-0.15, -0.1) is 0 Å². The first kappa shape index (κ1) is 7.88. The van der Waals surface area contributed by atoms with Crippen molar-refractivity contribution >= 4 is 12.1 Å². The van der Waals surface area contributed by atoms with E-state index in [0.29, 0.717) is 11.5 Å². The molecule has 0 radical (unpaired) electrons. The van der Waals surface area contributed by atoms with Crippen molar-refractivity contribution in [1.29, 1.82) is 0 Å². The summed E-state index contributed by atoms with van der Waals surface area (Å²) in [6.07, 6.45) is 1.48. The van der Waals surface area contributed by atoms with E-state index in [4.69, 9.17) is 5.73 Å². The minimum absolute atomic E-state index is 0.394. The van der Waals surface area contributed by atoms with Gasteiger partial charge in [-0.25, -0.2) is 4.99 Å². The zero-order valence-electron chi connectivity index (χ0n) is 5.76. The summed E-state index contributed by atoms with van der Waals surface area (Å²) >= 11 is 0. The molecule has 0 bridgehead atoms. The molecule has 0 fully saturated rings. The van der Waals surface area contributed by atoms with E-state index in [0.717, 1.165) is 0 Å². The third kappa shape index (κ3) is 4.74. The molecule has 0 aliphatic rings. The molecule has 50 valence electrons. The maximum atomic E-state index is 5.32. The number of allylic oxidation sites excluding steroid dienone is 1. The highest BCUT2D eigenvalue weighted by atomic mass is 14.9. The summed E-state index contributed by atoms with van der Waals surface area (Å²) < 4.78 is 0. The first-order valence-electron chi connectivity index (χ1n) is 2.58. The van der Waals surface area contributed by atoms with Crippen LogP contribution in [0.1, 0.15) is 6.92 Å². The van der Waals surface area contributed by atoms with Gasteiger partial charge in [0, 0.05) is 12.7 Å². The molecule has 3 heteroatoms. The van der Waals surface area contributed by atoms with Gasteiger partial charge in [-0.05, 0) is 6.92 Å². The van der Waals surface area contributed by atoms with Crippen LogP contribution in [0.3, 0.4) is 0 Å². The van der Waals surface area contributed by atoms with Gasteiger partial charge in [0.2, 0.25) is 0 Å². The van der Waals surface area contributed by atoms with Crippen LogP contribution in [0.25, 0.3) is 0 Å². The zero-order chi connectivity index (χ0) is 7.28. The molecule has 0 aromatic heterocycles. The van der Waals surface area contributed by atoms with Gasteiger partial charge >= 0.3 is 0 Å². The summed E-state index contributed by atoms with van der Waals surface area (Å²) in [5.74, 6) is 0.394. The monoisotopic (exact) mass is 125 g/mol. The van der Waals surface area contributed by atoms with Crippen molar-refractivity contribution in [2.45, 2.75) is 6.92 Å². The normalized spacial score (nSPS) is 12.4. The van der Waals surface area contributed by atoms with E-state index >= 15 is 0 Å². The molecule has 9 heavy (non-hydrogen) atoms. The standard InChI is InChI=1S/C6H11N3/c1-5(2)9-6(7)4-8-3/h4H,1H2,2-3H3,(H2,7,9). The fourth-order valence-corrected chi connectivity index (χ4v) is 0.382. The molecule has 0 unspecified atom stereocenters. The highest BCUT2D eigenvalue weighted by Crippen LogP contribution is 1.85. The third-order valence-corrected chi connectivity index (χ3v) is 0.581. The molecule has 0 atom stereocenters. The Morgan fingerprint density at radius 3 is 2.56 bits per heavy atom. The lowest BCUT2D eigenvalue weighted by atomic mass is 10.5. The Bertz CT molecular complexity index is 156. The third-order valence-electron chi connectivity index (χ3n) is 0.581. The molecule has 0 heterocycles. The first-order chi connectivity index (χ1) is 4.16.